The van der Waals surface area contributed by atoms with Crippen molar-refractivity contribution in [3.63, 3.8) is 0 Å². The Morgan fingerprint density at radius 2 is 2.04 bits per heavy atom. The van der Waals surface area contributed by atoms with Crippen LogP contribution in [0.2, 0.25) is 0 Å². The normalized spacial score (nSPS) is 25.2. The monoisotopic (exact) mass is 352 g/mol. The highest BCUT2D eigenvalue weighted by Gasteiger charge is 2.42. The number of carbonyl (C=O) groups excluding carboxylic acids is 1. The van der Waals surface area contributed by atoms with Crippen LogP contribution in [0.3, 0.4) is 0 Å². The van der Waals surface area contributed by atoms with E-state index in [4.69, 9.17) is 0 Å². The zero-order valence-electron chi connectivity index (χ0n) is 15.4. The zero-order valence-corrected chi connectivity index (χ0v) is 15.4. The molecule has 2 aromatic rings. The van der Waals surface area contributed by atoms with Gasteiger partial charge in [0.1, 0.15) is 0 Å². The lowest BCUT2D eigenvalue weighted by atomic mass is 9.84. The van der Waals surface area contributed by atoms with Crippen molar-refractivity contribution in [2.24, 2.45) is 17.8 Å². The Balaban J connectivity index is 1.22. The third kappa shape index (κ3) is 3.92. The van der Waals surface area contributed by atoms with E-state index in [1.807, 2.05) is 17.1 Å². The topological polar surface area (TPSA) is 59.0 Å². The third-order valence-electron chi connectivity index (χ3n) is 6.19. The van der Waals surface area contributed by atoms with Gasteiger partial charge < -0.3 is 15.2 Å². The number of carbonyl (C=O) groups is 1. The van der Waals surface area contributed by atoms with Gasteiger partial charge in [0.2, 0.25) is 0 Å². The number of urea groups is 1. The highest BCUT2D eigenvalue weighted by molar-refractivity contribution is 5.74. The van der Waals surface area contributed by atoms with Crippen LogP contribution in [0.1, 0.15) is 43.7 Å². The Bertz CT molecular complexity index is 725. The maximum atomic E-state index is 12.2. The Hall–Kier alpha value is -2.30. The average molecular weight is 352 g/mol. The lowest BCUT2D eigenvalue weighted by Crippen LogP contribution is -2.45. The van der Waals surface area contributed by atoms with E-state index in [2.05, 4.69) is 46.8 Å². The predicted octanol–water partition coefficient (Wildman–Crippen LogP) is 3.56. The molecule has 0 spiro atoms. The fourth-order valence-electron chi connectivity index (χ4n) is 4.81. The van der Waals surface area contributed by atoms with Crippen molar-refractivity contribution in [3.05, 3.63) is 54.1 Å². The van der Waals surface area contributed by atoms with Gasteiger partial charge in [0.05, 0.1) is 6.33 Å². The minimum Gasteiger partial charge on any atom is -0.335 e. The summed E-state index contributed by atoms with van der Waals surface area (Å²) in [5.41, 5.74) is 2.34. The standard InChI is InChI=1S/C21H28N4O/c1-15(20-11-18-6-7-19(20)10-18)24-21(26)23-12-16-2-4-17(5-3-16)13-25-9-8-22-14-25/h2-5,8-9,14-15,18-20H,6-7,10-13H2,1H3,(H2,23,24,26). The molecule has 26 heavy (non-hydrogen) atoms. The van der Waals surface area contributed by atoms with Crippen molar-refractivity contribution >= 4 is 6.03 Å². The maximum Gasteiger partial charge on any atom is 0.315 e. The fourth-order valence-corrected chi connectivity index (χ4v) is 4.81. The zero-order chi connectivity index (χ0) is 17.9. The SMILES string of the molecule is CC(NC(=O)NCc1ccc(Cn2ccnc2)cc1)C1CC2CCC1C2. The van der Waals surface area contributed by atoms with Crippen molar-refractivity contribution in [1.82, 2.24) is 20.2 Å². The highest BCUT2D eigenvalue weighted by Crippen LogP contribution is 2.49. The number of fused-ring (bicyclic) bond motifs is 2. The molecule has 138 valence electrons. The molecule has 1 aromatic carbocycles. The van der Waals surface area contributed by atoms with Gasteiger partial charge in [-0.2, -0.15) is 0 Å². The highest BCUT2D eigenvalue weighted by atomic mass is 16.2. The molecular formula is C21H28N4O. The van der Waals surface area contributed by atoms with E-state index in [1.54, 1.807) is 6.20 Å². The number of aromatic nitrogens is 2. The van der Waals surface area contributed by atoms with Crippen LogP contribution in [0, 0.1) is 17.8 Å². The van der Waals surface area contributed by atoms with Gasteiger partial charge in [-0.05, 0) is 55.1 Å². The molecule has 5 nitrogen and oxygen atoms in total. The van der Waals surface area contributed by atoms with Crippen LogP contribution in [0.15, 0.2) is 43.0 Å². The number of nitrogens with one attached hydrogen (secondary N) is 2. The molecule has 2 bridgehead atoms. The van der Waals surface area contributed by atoms with E-state index in [0.717, 1.165) is 23.9 Å². The summed E-state index contributed by atoms with van der Waals surface area (Å²) in [6.45, 7) is 3.53. The van der Waals surface area contributed by atoms with Gasteiger partial charge in [-0.3, -0.25) is 0 Å². The first kappa shape index (κ1) is 17.1. The summed E-state index contributed by atoms with van der Waals surface area (Å²) < 4.78 is 2.04. The summed E-state index contributed by atoms with van der Waals surface area (Å²) in [6.07, 6.45) is 11.0. The first-order valence-electron chi connectivity index (χ1n) is 9.75. The van der Waals surface area contributed by atoms with Crippen molar-refractivity contribution in [2.75, 3.05) is 0 Å². The molecule has 5 heteroatoms. The van der Waals surface area contributed by atoms with E-state index in [-0.39, 0.29) is 12.1 Å². The minimum atomic E-state index is -0.0530. The summed E-state index contributed by atoms with van der Waals surface area (Å²) in [4.78, 5) is 16.3. The molecule has 2 N–H and O–H groups in total. The molecule has 2 aliphatic carbocycles. The minimum absolute atomic E-state index is 0.0530. The number of hydrogen-bond donors (Lipinski definition) is 2. The summed E-state index contributed by atoms with van der Waals surface area (Å²) in [5.74, 6) is 2.42. The van der Waals surface area contributed by atoms with Gasteiger partial charge in [0.25, 0.3) is 0 Å². The average Bonchev–Trinajstić information content (AvgIpc) is 3.39. The third-order valence-corrected chi connectivity index (χ3v) is 6.19. The number of amides is 2. The smallest absolute Gasteiger partial charge is 0.315 e. The maximum absolute atomic E-state index is 12.2. The largest absolute Gasteiger partial charge is 0.335 e. The van der Waals surface area contributed by atoms with Crippen molar-refractivity contribution in [1.29, 1.82) is 0 Å². The van der Waals surface area contributed by atoms with Gasteiger partial charge >= 0.3 is 6.03 Å². The van der Waals surface area contributed by atoms with Gasteiger partial charge in [-0.25, -0.2) is 9.78 Å². The second-order valence-electron chi connectivity index (χ2n) is 8.01. The Kier molecular flexibility index (Phi) is 4.96. The molecule has 4 atom stereocenters. The van der Waals surface area contributed by atoms with Crippen LogP contribution < -0.4 is 10.6 Å². The van der Waals surface area contributed by atoms with E-state index in [0.29, 0.717) is 12.5 Å². The number of hydrogen-bond acceptors (Lipinski definition) is 2. The first-order chi connectivity index (χ1) is 12.7. The van der Waals surface area contributed by atoms with Crippen molar-refractivity contribution in [3.8, 4) is 0 Å². The van der Waals surface area contributed by atoms with E-state index in [1.165, 1.54) is 31.2 Å². The summed E-state index contributed by atoms with van der Waals surface area (Å²) in [6, 6.07) is 8.57. The van der Waals surface area contributed by atoms with Gasteiger partial charge in [-0.1, -0.05) is 30.7 Å². The van der Waals surface area contributed by atoms with Crippen LogP contribution in [0.5, 0.6) is 0 Å². The van der Waals surface area contributed by atoms with Crippen molar-refractivity contribution < 1.29 is 4.79 Å². The number of benzene rings is 1. The van der Waals surface area contributed by atoms with E-state index in [9.17, 15) is 4.79 Å². The van der Waals surface area contributed by atoms with Crippen LogP contribution in [0.25, 0.3) is 0 Å². The van der Waals surface area contributed by atoms with Gasteiger partial charge in [0.15, 0.2) is 0 Å². The number of imidazole rings is 1. The first-order valence-corrected chi connectivity index (χ1v) is 9.75. The van der Waals surface area contributed by atoms with Crippen molar-refractivity contribution in [2.45, 2.75) is 51.7 Å². The summed E-state index contributed by atoms with van der Waals surface area (Å²) in [7, 11) is 0. The van der Waals surface area contributed by atoms with Crippen LogP contribution >= 0.6 is 0 Å². The molecule has 2 amide bonds. The second kappa shape index (κ2) is 7.52. The molecule has 0 saturated heterocycles. The Morgan fingerprint density at radius 3 is 2.69 bits per heavy atom. The van der Waals surface area contributed by atoms with E-state index >= 15 is 0 Å². The molecule has 1 aromatic heterocycles. The lowest BCUT2D eigenvalue weighted by Gasteiger charge is -2.28. The number of rotatable bonds is 6. The van der Waals surface area contributed by atoms with Crippen LogP contribution in [0.4, 0.5) is 4.79 Å². The molecule has 2 aliphatic rings. The summed E-state index contributed by atoms with van der Waals surface area (Å²) in [5, 5.41) is 6.15. The molecule has 4 rings (SSSR count). The van der Waals surface area contributed by atoms with Gasteiger partial charge in [-0.15, -0.1) is 0 Å². The molecule has 1 heterocycles. The Morgan fingerprint density at radius 1 is 1.23 bits per heavy atom. The molecule has 4 unspecified atom stereocenters. The van der Waals surface area contributed by atoms with Crippen LogP contribution in [-0.4, -0.2) is 21.6 Å². The fraction of sp³-hybridized carbons (Fsp3) is 0.524. The molecule has 2 saturated carbocycles. The van der Waals surface area contributed by atoms with Crippen LogP contribution in [-0.2, 0) is 13.1 Å². The quantitative estimate of drug-likeness (QED) is 0.835. The number of nitrogens with zero attached hydrogens (tertiary/aromatic N) is 2. The Labute approximate surface area is 155 Å². The predicted molar refractivity (Wildman–Crippen MR) is 102 cm³/mol. The summed E-state index contributed by atoms with van der Waals surface area (Å²) >= 11 is 0. The molecule has 0 radical (unpaired) electrons. The molecule has 2 fully saturated rings. The second-order valence-corrected chi connectivity index (χ2v) is 8.01. The van der Waals surface area contributed by atoms with E-state index < -0.39 is 0 Å². The lowest BCUT2D eigenvalue weighted by molar-refractivity contribution is 0.220. The van der Waals surface area contributed by atoms with Gasteiger partial charge in [0, 0.05) is 31.5 Å². The molecular weight excluding hydrogens is 324 g/mol. The molecule has 0 aliphatic heterocycles.